The summed E-state index contributed by atoms with van der Waals surface area (Å²) in [6.07, 6.45) is 0.495. The first kappa shape index (κ1) is 13.9. The summed E-state index contributed by atoms with van der Waals surface area (Å²) in [6, 6.07) is 15.5. The lowest BCUT2D eigenvalue weighted by atomic mass is 9.93. The van der Waals surface area contributed by atoms with Crippen LogP contribution in [0.4, 0.5) is 5.69 Å². The first-order valence-electron chi connectivity index (χ1n) is 6.40. The van der Waals surface area contributed by atoms with Gasteiger partial charge in [-0.3, -0.25) is 14.9 Å². The van der Waals surface area contributed by atoms with Crippen LogP contribution in [0, 0.1) is 16.0 Å². The van der Waals surface area contributed by atoms with Gasteiger partial charge in [0.1, 0.15) is 0 Å². The van der Waals surface area contributed by atoms with Crippen molar-refractivity contribution in [2.45, 2.75) is 13.3 Å². The fourth-order valence-corrected chi connectivity index (χ4v) is 2.13. The molecule has 0 aliphatic heterocycles. The standard InChI is InChI=1S/C16H15NO3/c1-12(16(18)14-7-3-2-4-8-14)10-13-6-5-9-15(11-13)17(19)20/h2-9,11-12H,10H2,1H3. The zero-order valence-corrected chi connectivity index (χ0v) is 11.2. The summed E-state index contributed by atoms with van der Waals surface area (Å²) in [5, 5.41) is 10.7. The van der Waals surface area contributed by atoms with E-state index >= 15 is 0 Å². The number of nitrogens with zero attached hydrogens (tertiary/aromatic N) is 1. The maximum Gasteiger partial charge on any atom is 0.269 e. The Morgan fingerprint density at radius 2 is 1.85 bits per heavy atom. The molecule has 0 aliphatic rings. The minimum Gasteiger partial charge on any atom is -0.294 e. The molecule has 0 saturated carbocycles. The van der Waals surface area contributed by atoms with Gasteiger partial charge in [-0.2, -0.15) is 0 Å². The van der Waals surface area contributed by atoms with Crippen LogP contribution < -0.4 is 0 Å². The summed E-state index contributed by atoms with van der Waals surface area (Å²) in [5.41, 5.74) is 1.53. The lowest BCUT2D eigenvalue weighted by Gasteiger charge is -2.10. The quantitative estimate of drug-likeness (QED) is 0.473. The summed E-state index contributed by atoms with van der Waals surface area (Å²) in [4.78, 5) is 22.5. The van der Waals surface area contributed by atoms with Crippen molar-refractivity contribution in [2.24, 2.45) is 5.92 Å². The number of non-ortho nitro benzene ring substituents is 1. The van der Waals surface area contributed by atoms with Crippen molar-refractivity contribution in [1.29, 1.82) is 0 Å². The van der Waals surface area contributed by atoms with Gasteiger partial charge < -0.3 is 0 Å². The van der Waals surface area contributed by atoms with Crippen LogP contribution in [-0.2, 0) is 6.42 Å². The molecule has 0 aliphatic carbocycles. The molecule has 0 spiro atoms. The van der Waals surface area contributed by atoms with E-state index in [0.29, 0.717) is 12.0 Å². The molecule has 2 aromatic rings. The molecule has 2 aromatic carbocycles. The molecule has 4 heteroatoms. The third-order valence-electron chi connectivity index (χ3n) is 3.17. The average molecular weight is 269 g/mol. The molecule has 0 radical (unpaired) electrons. The fraction of sp³-hybridized carbons (Fsp3) is 0.188. The minimum absolute atomic E-state index is 0.0529. The van der Waals surface area contributed by atoms with Crippen LogP contribution in [0.5, 0.6) is 0 Å². The number of Topliss-reactive ketones (excluding diaryl/α,β-unsaturated/α-hetero) is 1. The second-order valence-electron chi connectivity index (χ2n) is 4.76. The highest BCUT2D eigenvalue weighted by atomic mass is 16.6. The predicted octanol–water partition coefficient (Wildman–Crippen LogP) is 3.66. The predicted molar refractivity (Wildman–Crippen MR) is 76.7 cm³/mol. The normalized spacial score (nSPS) is 11.8. The van der Waals surface area contributed by atoms with Gasteiger partial charge in [0, 0.05) is 23.6 Å². The Bertz CT molecular complexity index is 623. The number of ketones is 1. The second kappa shape index (κ2) is 6.10. The van der Waals surface area contributed by atoms with Crippen molar-refractivity contribution >= 4 is 11.5 Å². The molecular formula is C16H15NO3. The molecule has 20 heavy (non-hydrogen) atoms. The molecule has 0 N–H and O–H groups in total. The Hall–Kier alpha value is -2.49. The zero-order chi connectivity index (χ0) is 14.5. The van der Waals surface area contributed by atoms with E-state index in [1.54, 1.807) is 18.2 Å². The lowest BCUT2D eigenvalue weighted by Crippen LogP contribution is -2.14. The Morgan fingerprint density at radius 1 is 1.15 bits per heavy atom. The molecule has 0 saturated heterocycles. The van der Waals surface area contributed by atoms with Gasteiger partial charge in [-0.25, -0.2) is 0 Å². The summed E-state index contributed by atoms with van der Waals surface area (Å²) in [7, 11) is 0. The molecular weight excluding hydrogens is 254 g/mol. The largest absolute Gasteiger partial charge is 0.294 e. The van der Waals surface area contributed by atoms with E-state index in [1.165, 1.54) is 12.1 Å². The van der Waals surface area contributed by atoms with Crippen LogP contribution in [-0.4, -0.2) is 10.7 Å². The van der Waals surface area contributed by atoms with E-state index in [0.717, 1.165) is 5.56 Å². The molecule has 0 bridgehead atoms. The minimum atomic E-state index is -0.423. The topological polar surface area (TPSA) is 60.2 Å². The molecule has 0 fully saturated rings. The highest BCUT2D eigenvalue weighted by molar-refractivity contribution is 5.97. The molecule has 2 rings (SSSR count). The van der Waals surface area contributed by atoms with Crippen LogP contribution in [0.15, 0.2) is 54.6 Å². The van der Waals surface area contributed by atoms with Crippen molar-refractivity contribution < 1.29 is 9.72 Å². The Morgan fingerprint density at radius 3 is 2.50 bits per heavy atom. The summed E-state index contributed by atoms with van der Waals surface area (Å²) in [5.74, 6) is -0.156. The third-order valence-corrected chi connectivity index (χ3v) is 3.17. The molecule has 1 unspecified atom stereocenters. The highest BCUT2D eigenvalue weighted by Gasteiger charge is 2.16. The monoisotopic (exact) mass is 269 g/mol. The van der Waals surface area contributed by atoms with Gasteiger partial charge in [0.05, 0.1) is 4.92 Å². The number of carbonyl (C=O) groups is 1. The van der Waals surface area contributed by atoms with Crippen LogP contribution >= 0.6 is 0 Å². The Labute approximate surface area is 117 Å². The van der Waals surface area contributed by atoms with Crippen LogP contribution in [0.3, 0.4) is 0 Å². The van der Waals surface area contributed by atoms with E-state index in [1.807, 2.05) is 31.2 Å². The highest BCUT2D eigenvalue weighted by Crippen LogP contribution is 2.18. The van der Waals surface area contributed by atoms with Gasteiger partial charge in [-0.15, -0.1) is 0 Å². The van der Waals surface area contributed by atoms with Gasteiger partial charge in [-0.1, -0.05) is 49.4 Å². The number of rotatable bonds is 5. The SMILES string of the molecule is CC(Cc1cccc([N+](=O)[O-])c1)C(=O)c1ccccc1. The van der Waals surface area contributed by atoms with Crippen LogP contribution in [0.2, 0.25) is 0 Å². The number of benzene rings is 2. The van der Waals surface area contributed by atoms with Gasteiger partial charge in [0.25, 0.3) is 5.69 Å². The van der Waals surface area contributed by atoms with Gasteiger partial charge in [0.15, 0.2) is 5.78 Å². The second-order valence-corrected chi connectivity index (χ2v) is 4.76. The fourth-order valence-electron chi connectivity index (χ4n) is 2.13. The average Bonchev–Trinajstić information content (AvgIpc) is 2.47. The zero-order valence-electron chi connectivity index (χ0n) is 11.2. The summed E-state index contributed by atoms with van der Waals surface area (Å²) >= 11 is 0. The van der Waals surface area contributed by atoms with Gasteiger partial charge in [-0.05, 0) is 12.0 Å². The van der Waals surface area contributed by atoms with Crippen molar-refractivity contribution in [2.75, 3.05) is 0 Å². The van der Waals surface area contributed by atoms with E-state index in [4.69, 9.17) is 0 Å². The van der Waals surface area contributed by atoms with Crippen LogP contribution in [0.1, 0.15) is 22.8 Å². The van der Waals surface area contributed by atoms with E-state index < -0.39 is 4.92 Å². The van der Waals surface area contributed by atoms with Crippen molar-refractivity contribution in [1.82, 2.24) is 0 Å². The third kappa shape index (κ3) is 3.29. The number of hydrogen-bond acceptors (Lipinski definition) is 3. The first-order chi connectivity index (χ1) is 9.58. The van der Waals surface area contributed by atoms with Crippen molar-refractivity contribution in [3.8, 4) is 0 Å². The van der Waals surface area contributed by atoms with E-state index in [2.05, 4.69) is 0 Å². The molecule has 0 amide bonds. The van der Waals surface area contributed by atoms with Gasteiger partial charge >= 0.3 is 0 Å². The molecule has 102 valence electrons. The number of hydrogen-bond donors (Lipinski definition) is 0. The van der Waals surface area contributed by atoms with Gasteiger partial charge in [0.2, 0.25) is 0 Å². The number of nitro benzene ring substituents is 1. The molecule has 0 heterocycles. The maximum atomic E-state index is 12.2. The summed E-state index contributed by atoms with van der Waals surface area (Å²) in [6.45, 7) is 1.84. The first-order valence-corrected chi connectivity index (χ1v) is 6.40. The molecule has 4 nitrogen and oxygen atoms in total. The number of carbonyl (C=O) groups excluding carboxylic acids is 1. The Balaban J connectivity index is 2.12. The maximum absolute atomic E-state index is 12.2. The van der Waals surface area contributed by atoms with Crippen molar-refractivity contribution in [3.63, 3.8) is 0 Å². The van der Waals surface area contributed by atoms with E-state index in [-0.39, 0.29) is 17.4 Å². The molecule has 1 atom stereocenters. The number of nitro groups is 1. The molecule has 0 aromatic heterocycles. The summed E-state index contributed by atoms with van der Waals surface area (Å²) < 4.78 is 0. The van der Waals surface area contributed by atoms with E-state index in [9.17, 15) is 14.9 Å². The lowest BCUT2D eigenvalue weighted by molar-refractivity contribution is -0.384. The van der Waals surface area contributed by atoms with Crippen LogP contribution in [0.25, 0.3) is 0 Å². The van der Waals surface area contributed by atoms with Crippen molar-refractivity contribution in [3.05, 3.63) is 75.8 Å². The Kier molecular flexibility index (Phi) is 4.25. The smallest absolute Gasteiger partial charge is 0.269 e.